The Balaban J connectivity index is 2.00. The van der Waals surface area contributed by atoms with Gasteiger partial charge in [-0.15, -0.1) is 0 Å². The van der Waals surface area contributed by atoms with Crippen molar-refractivity contribution in [2.45, 2.75) is 12.5 Å². The zero-order chi connectivity index (χ0) is 15.1. The van der Waals surface area contributed by atoms with E-state index < -0.39 is 5.92 Å². The summed E-state index contributed by atoms with van der Waals surface area (Å²) >= 11 is 0. The summed E-state index contributed by atoms with van der Waals surface area (Å²) in [6, 6.07) is 16.0. The highest BCUT2D eigenvalue weighted by atomic mass is 19.1. The summed E-state index contributed by atoms with van der Waals surface area (Å²) in [4.78, 5) is 11.9. The Morgan fingerprint density at radius 2 is 1.81 bits per heavy atom. The molecule has 0 amide bonds. The van der Waals surface area contributed by atoms with E-state index in [-0.39, 0.29) is 11.8 Å². The van der Waals surface area contributed by atoms with Gasteiger partial charge in [0.05, 0.1) is 13.0 Å². The lowest BCUT2D eigenvalue weighted by molar-refractivity contribution is -0.142. The zero-order valence-electron chi connectivity index (χ0n) is 11.9. The van der Waals surface area contributed by atoms with E-state index in [1.54, 1.807) is 18.2 Å². The van der Waals surface area contributed by atoms with Crippen LogP contribution in [0.4, 0.5) is 4.39 Å². The van der Waals surface area contributed by atoms with E-state index >= 15 is 0 Å². The maximum absolute atomic E-state index is 13.5. The van der Waals surface area contributed by atoms with Gasteiger partial charge < -0.3 is 10.1 Å². The molecule has 0 aliphatic carbocycles. The molecule has 0 radical (unpaired) electrons. The van der Waals surface area contributed by atoms with E-state index in [1.165, 1.54) is 13.2 Å². The summed E-state index contributed by atoms with van der Waals surface area (Å²) in [5, 5.41) is 3.12. The van der Waals surface area contributed by atoms with Gasteiger partial charge in [-0.3, -0.25) is 4.79 Å². The van der Waals surface area contributed by atoms with Crippen molar-refractivity contribution < 1.29 is 13.9 Å². The number of methoxy groups -OCH3 is 1. The molecule has 0 aliphatic rings. The van der Waals surface area contributed by atoms with Crippen LogP contribution in [0.2, 0.25) is 0 Å². The highest BCUT2D eigenvalue weighted by Crippen LogP contribution is 2.16. The fourth-order valence-electron chi connectivity index (χ4n) is 2.16. The van der Waals surface area contributed by atoms with Gasteiger partial charge in [0.25, 0.3) is 0 Å². The molecule has 4 heteroatoms. The van der Waals surface area contributed by atoms with Crippen LogP contribution in [0.5, 0.6) is 0 Å². The number of hydrogen-bond donors (Lipinski definition) is 1. The molecule has 1 unspecified atom stereocenters. The second-order valence-electron chi connectivity index (χ2n) is 4.71. The number of carbonyl (C=O) groups excluding carboxylic acids is 1. The molecule has 0 spiro atoms. The van der Waals surface area contributed by atoms with Crippen molar-refractivity contribution >= 4 is 5.97 Å². The molecule has 0 bridgehead atoms. The summed E-state index contributed by atoms with van der Waals surface area (Å²) in [5.74, 6) is -0.954. The maximum atomic E-state index is 13.5. The van der Waals surface area contributed by atoms with E-state index in [0.29, 0.717) is 18.7 Å². The second kappa shape index (κ2) is 7.55. The SMILES string of the molecule is COC(=O)C(CNCc1ccccc1F)c1ccccc1. The molecule has 1 N–H and O–H groups in total. The molecule has 2 aromatic rings. The average molecular weight is 287 g/mol. The van der Waals surface area contributed by atoms with Gasteiger partial charge >= 0.3 is 5.97 Å². The number of ether oxygens (including phenoxy) is 1. The van der Waals surface area contributed by atoms with Crippen LogP contribution in [0.25, 0.3) is 0 Å². The molecule has 2 aromatic carbocycles. The third-order valence-corrected chi connectivity index (χ3v) is 3.31. The summed E-state index contributed by atoms with van der Waals surface area (Å²) in [7, 11) is 1.37. The van der Waals surface area contributed by atoms with Gasteiger partial charge in [-0.1, -0.05) is 48.5 Å². The van der Waals surface area contributed by atoms with Gasteiger partial charge in [0.15, 0.2) is 0 Å². The molecule has 0 aliphatic heterocycles. The van der Waals surface area contributed by atoms with Gasteiger partial charge in [-0.2, -0.15) is 0 Å². The van der Waals surface area contributed by atoms with Crippen LogP contribution >= 0.6 is 0 Å². The van der Waals surface area contributed by atoms with Gasteiger partial charge in [-0.05, 0) is 11.6 Å². The van der Waals surface area contributed by atoms with Crippen LogP contribution in [-0.4, -0.2) is 19.6 Å². The third kappa shape index (κ3) is 4.13. The van der Waals surface area contributed by atoms with E-state index in [0.717, 1.165) is 5.56 Å². The lowest BCUT2D eigenvalue weighted by Crippen LogP contribution is -2.27. The van der Waals surface area contributed by atoms with E-state index in [9.17, 15) is 9.18 Å². The molecule has 110 valence electrons. The van der Waals surface area contributed by atoms with Gasteiger partial charge in [0.2, 0.25) is 0 Å². The summed E-state index contributed by atoms with van der Waals surface area (Å²) < 4.78 is 18.4. The van der Waals surface area contributed by atoms with Crippen molar-refractivity contribution in [3.8, 4) is 0 Å². The lowest BCUT2D eigenvalue weighted by atomic mass is 9.99. The maximum Gasteiger partial charge on any atom is 0.314 e. The van der Waals surface area contributed by atoms with Crippen molar-refractivity contribution in [2.24, 2.45) is 0 Å². The molecule has 3 nitrogen and oxygen atoms in total. The lowest BCUT2D eigenvalue weighted by Gasteiger charge is -2.16. The minimum absolute atomic E-state index is 0.251. The summed E-state index contributed by atoms with van der Waals surface area (Å²) in [6.45, 7) is 0.762. The van der Waals surface area contributed by atoms with Gasteiger partial charge in [0, 0.05) is 18.7 Å². The molecule has 0 aromatic heterocycles. The molecule has 0 saturated heterocycles. The molecule has 1 atom stereocenters. The van der Waals surface area contributed by atoms with E-state index in [1.807, 2.05) is 30.3 Å². The minimum Gasteiger partial charge on any atom is -0.469 e. The van der Waals surface area contributed by atoms with Crippen LogP contribution in [0.1, 0.15) is 17.0 Å². The average Bonchev–Trinajstić information content (AvgIpc) is 2.53. The normalized spacial score (nSPS) is 11.9. The quantitative estimate of drug-likeness (QED) is 0.830. The minimum atomic E-state index is -0.400. The van der Waals surface area contributed by atoms with Crippen molar-refractivity contribution in [3.05, 3.63) is 71.5 Å². The number of halogens is 1. The van der Waals surface area contributed by atoms with Crippen LogP contribution in [0.15, 0.2) is 54.6 Å². The smallest absolute Gasteiger partial charge is 0.314 e. The van der Waals surface area contributed by atoms with Crippen LogP contribution < -0.4 is 5.32 Å². The first-order valence-electron chi connectivity index (χ1n) is 6.79. The Morgan fingerprint density at radius 3 is 2.48 bits per heavy atom. The zero-order valence-corrected chi connectivity index (χ0v) is 11.9. The summed E-state index contributed by atoms with van der Waals surface area (Å²) in [5.41, 5.74) is 1.46. The van der Waals surface area contributed by atoms with Crippen LogP contribution in [-0.2, 0) is 16.1 Å². The number of hydrogen-bond acceptors (Lipinski definition) is 3. The Morgan fingerprint density at radius 1 is 1.14 bits per heavy atom. The molecule has 0 fully saturated rings. The molecule has 0 heterocycles. The van der Waals surface area contributed by atoms with Gasteiger partial charge in [0.1, 0.15) is 5.82 Å². The topological polar surface area (TPSA) is 38.3 Å². The van der Waals surface area contributed by atoms with Gasteiger partial charge in [-0.25, -0.2) is 4.39 Å². The molecular formula is C17H18FNO2. The molecule has 21 heavy (non-hydrogen) atoms. The Labute approximate surface area is 123 Å². The van der Waals surface area contributed by atoms with E-state index in [2.05, 4.69) is 5.32 Å². The molecule has 2 rings (SSSR count). The standard InChI is InChI=1S/C17H18FNO2/c1-21-17(20)15(13-7-3-2-4-8-13)12-19-11-14-9-5-6-10-16(14)18/h2-10,15,19H,11-12H2,1H3. The van der Waals surface area contributed by atoms with E-state index in [4.69, 9.17) is 4.74 Å². The molecular weight excluding hydrogens is 269 g/mol. The third-order valence-electron chi connectivity index (χ3n) is 3.31. The highest BCUT2D eigenvalue weighted by Gasteiger charge is 2.20. The monoisotopic (exact) mass is 287 g/mol. The second-order valence-corrected chi connectivity index (χ2v) is 4.71. The highest BCUT2D eigenvalue weighted by molar-refractivity contribution is 5.78. The Bertz CT molecular complexity index is 586. The van der Waals surface area contributed by atoms with Crippen molar-refractivity contribution in [3.63, 3.8) is 0 Å². The largest absolute Gasteiger partial charge is 0.469 e. The van der Waals surface area contributed by atoms with Crippen molar-refractivity contribution in [1.82, 2.24) is 5.32 Å². The van der Waals surface area contributed by atoms with Crippen molar-refractivity contribution in [2.75, 3.05) is 13.7 Å². The molecule has 0 saturated carbocycles. The first kappa shape index (κ1) is 15.2. The predicted octanol–water partition coefficient (Wildman–Crippen LogP) is 2.87. The number of esters is 1. The number of carbonyl (C=O) groups is 1. The first-order valence-corrected chi connectivity index (χ1v) is 6.79. The predicted molar refractivity (Wildman–Crippen MR) is 79.3 cm³/mol. The number of benzene rings is 2. The first-order chi connectivity index (χ1) is 10.2. The number of rotatable bonds is 6. The Kier molecular flexibility index (Phi) is 5.46. The van der Waals surface area contributed by atoms with Crippen molar-refractivity contribution in [1.29, 1.82) is 0 Å². The fourth-order valence-corrected chi connectivity index (χ4v) is 2.16. The Hall–Kier alpha value is -2.20. The van der Waals surface area contributed by atoms with Crippen LogP contribution in [0.3, 0.4) is 0 Å². The summed E-state index contributed by atoms with van der Waals surface area (Å²) in [6.07, 6.45) is 0. The fraction of sp³-hybridized carbons (Fsp3) is 0.235. The van der Waals surface area contributed by atoms with Crippen LogP contribution in [0, 0.1) is 5.82 Å². The number of nitrogens with one attached hydrogen (secondary N) is 1.